The molecule has 0 aliphatic carbocycles. The summed E-state index contributed by atoms with van der Waals surface area (Å²) in [4.78, 5) is 16.1. The highest BCUT2D eigenvalue weighted by Crippen LogP contribution is 2.26. The number of benzene rings is 1. The van der Waals surface area contributed by atoms with Gasteiger partial charge in [0.25, 0.3) is 5.88 Å². The lowest BCUT2D eigenvalue weighted by Gasteiger charge is -2.08. The van der Waals surface area contributed by atoms with Crippen LogP contribution in [0.25, 0.3) is 16.9 Å². The molecule has 0 fully saturated rings. The summed E-state index contributed by atoms with van der Waals surface area (Å²) >= 11 is 0. The van der Waals surface area contributed by atoms with Gasteiger partial charge in [0.2, 0.25) is 0 Å². The van der Waals surface area contributed by atoms with Crippen molar-refractivity contribution in [3.8, 4) is 28.6 Å². The number of carboxylic acids is 1. The molecule has 4 rings (SSSR count). The number of nitrogens with one attached hydrogen (secondary N) is 1. The first kappa shape index (κ1) is 20.2. The van der Waals surface area contributed by atoms with Crippen molar-refractivity contribution >= 4 is 5.97 Å². The van der Waals surface area contributed by atoms with Gasteiger partial charge in [-0.05, 0) is 36.4 Å². The van der Waals surface area contributed by atoms with E-state index >= 15 is 0 Å². The van der Waals surface area contributed by atoms with E-state index in [1.807, 2.05) is 0 Å². The van der Waals surface area contributed by atoms with Crippen LogP contribution in [0.4, 0.5) is 4.39 Å². The van der Waals surface area contributed by atoms with Crippen molar-refractivity contribution in [1.29, 1.82) is 0 Å². The van der Waals surface area contributed by atoms with E-state index in [1.54, 1.807) is 36.5 Å². The van der Waals surface area contributed by atoms with Crippen molar-refractivity contribution in [1.82, 2.24) is 30.2 Å². The number of H-pyrrole nitrogens is 1. The van der Waals surface area contributed by atoms with Gasteiger partial charge in [0.1, 0.15) is 5.75 Å². The lowest BCUT2D eigenvalue weighted by Crippen LogP contribution is -2.26. The molecule has 10 nitrogen and oxygen atoms in total. The first-order valence-corrected chi connectivity index (χ1v) is 9.30. The van der Waals surface area contributed by atoms with E-state index in [9.17, 15) is 9.18 Å². The summed E-state index contributed by atoms with van der Waals surface area (Å²) < 4.78 is 19.9. The summed E-state index contributed by atoms with van der Waals surface area (Å²) in [5.74, 6) is -1.33. The van der Waals surface area contributed by atoms with Gasteiger partial charge in [-0.25, -0.2) is 9.37 Å². The summed E-state index contributed by atoms with van der Waals surface area (Å²) in [6.45, 7) is 0. The zero-order valence-electron chi connectivity index (χ0n) is 16.1. The molecule has 31 heavy (non-hydrogen) atoms. The highest BCUT2D eigenvalue weighted by atomic mass is 19.1. The lowest BCUT2D eigenvalue weighted by atomic mass is 10.1. The number of hydrogen-bond donors (Lipinski definition) is 3. The van der Waals surface area contributed by atoms with Gasteiger partial charge in [-0.15, -0.1) is 0 Å². The van der Waals surface area contributed by atoms with Crippen molar-refractivity contribution in [2.45, 2.75) is 18.9 Å². The van der Waals surface area contributed by atoms with E-state index in [0.717, 1.165) is 0 Å². The average Bonchev–Trinajstić information content (AvgIpc) is 3.42. The normalized spacial score (nSPS) is 11.9. The van der Waals surface area contributed by atoms with Gasteiger partial charge in [-0.3, -0.25) is 9.89 Å². The quantitative estimate of drug-likeness (QED) is 0.391. The van der Waals surface area contributed by atoms with Gasteiger partial charge in [0.15, 0.2) is 5.82 Å². The van der Waals surface area contributed by atoms with Crippen LogP contribution in [0, 0.1) is 5.82 Å². The SMILES string of the molecule is NC(CC(=O)O)Cc1cnn(-c2ccc(Oc3ncc(-c4ccn[nH]4)cc3F)cc2)n1. The Morgan fingerprint density at radius 1 is 1.26 bits per heavy atom. The summed E-state index contributed by atoms with van der Waals surface area (Å²) in [5.41, 5.74) is 8.22. The minimum absolute atomic E-state index is 0.146. The molecule has 0 spiro atoms. The fourth-order valence-corrected chi connectivity index (χ4v) is 2.90. The molecular formula is C20H18FN7O3. The Kier molecular flexibility index (Phi) is 5.67. The minimum Gasteiger partial charge on any atom is -0.481 e. The fourth-order valence-electron chi connectivity index (χ4n) is 2.90. The molecule has 3 heterocycles. The molecule has 0 bridgehead atoms. The summed E-state index contributed by atoms with van der Waals surface area (Å²) in [5, 5.41) is 23.8. The van der Waals surface area contributed by atoms with Crippen LogP contribution in [-0.2, 0) is 11.2 Å². The third-order valence-electron chi connectivity index (χ3n) is 4.35. The van der Waals surface area contributed by atoms with Gasteiger partial charge in [0, 0.05) is 30.4 Å². The van der Waals surface area contributed by atoms with E-state index in [1.165, 1.54) is 23.3 Å². The molecule has 4 N–H and O–H groups in total. The average molecular weight is 423 g/mol. The topological polar surface area (TPSA) is 145 Å². The first-order valence-electron chi connectivity index (χ1n) is 9.30. The second-order valence-electron chi connectivity index (χ2n) is 6.76. The number of pyridine rings is 1. The molecule has 3 aromatic heterocycles. The number of aliphatic carboxylic acids is 1. The monoisotopic (exact) mass is 423 g/mol. The molecule has 1 unspecified atom stereocenters. The predicted molar refractivity (Wildman–Crippen MR) is 107 cm³/mol. The lowest BCUT2D eigenvalue weighted by molar-refractivity contribution is -0.137. The third kappa shape index (κ3) is 4.90. The standard InChI is InChI=1S/C20H18FN7O3/c21-17-7-12(18-5-6-24-26-18)10-23-20(17)31-16-3-1-15(2-4-16)28-25-11-14(27-28)8-13(22)9-19(29)30/h1-7,10-11,13H,8-9,22H2,(H,24,26)(H,29,30). The van der Waals surface area contributed by atoms with Crippen LogP contribution in [0.2, 0.25) is 0 Å². The summed E-state index contributed by atoms with van der Waals surface area (Å²) in [6.07, 6.45) is 4.75. The van der Waals surface area contributed by atoms with Crippen LogP contribution in [0.15, 0.2) is 55.0 Å². The van der Waals surface area contributed by atoms with Crippen molar-refractivity contribution in [3.05, 3.63) is 66.5 Å². The Morgan fingerprint density at radius 2 is 2.06 bits per heavy atom. The Labute approximate surface area is 175 Å². The van der Waals surface area contributed by atoms with Crippen LogP contribution >= 0.6 is 0 Å². The van der Waals surface area contributed by atoms with Crippen LogP contribution in [0.3, 0.4) is 0 Å². The van der Waals surface area contributed by atoms with Crippen molar-refractivity contribution in [2.24, 2.45) is 5.73 Å². The molecule has 0 aliphatic rings. The first-order chi connectivity index (χ1) is 15.0. The predicted octanol–water partition coefficient (Wildman–Crippen LogP) is 2.33. The zero-order chi connectivity index (χ0) is 21.8. The van der Waals surface area contributed by atoms with E-state index in [0.29, 0.717) is 34.8 Å². The highest BCUT2D eigenvalue weighted by molar-refractivity contribution is 5.67. The third-order valence-corrected chi connectivity index (χ3v) is 4.35. The van der Waals surface area contributed by atoms with E-state index < -0.39 is 17.8 Å². The molecular weight excluding hydrogens is 405 g/mol. The number of hydrogen-bond acceptors (Lipinski definition) is 7. The van der Waals surface area contributed by atoms with Crippen LogP contribution < -0.4 is 10.5 Å². The van der Waals surface area contributed by atoms with E-state index in [2.05, 4.69) is 25.4 Å². The number of rotatable bonds is 8. The molecule has 0 saturated carbocycles. The van der Waals surface area contributed by atoms with Gasteiger partial charge >= 0.3 is 5.97 Å². The van der Waals surface area contributed by atoms with Gasteiger partial charge in [0.05, 0.1) is 29.7 Å². The molecule has 0 radical (unpaired) electrons. The molecule has 1 atom stereocenters. The number of nitrogens with two attached hydrogens (primary N) is 1. The molecule has 0 aliphatic heterocycles. The molecule has 0 amide bonds. The number of aromatic nitrogens is 6. The minimum atomic E-state index is -0.961. The fraction of sp³-hybridized carbons (Fsp3) is 0.150. The molecule has 11 heteroatoms. The number of ether oxygens (including phenoxy) is 1. The van der Waals surface area contributed by atoms with E-state index in [-0.39, 0.29) is 12.3 Å². The van der Waals surface area contributed by atoms with Crippen molar-refractivity contribution in [2.75, 3.05) is 0 Å². The second-order valence-corrected chi connectivity index (χ2v) is 6.76. The Balaban J connectivity index is 1.42. The Morgan fingerprint density at radius 3 is 2.74 bits per heavy atom. The smallest absolute Gasteiger partial charge is 0.304 e. The molecule has 4 aromatic rings. The number of carbonyl (C=O) groups is 1. The van der Waals surface area contributed by atoms with E-state index in [4.69, 9.17) is 15.6 Å². The largest absolute Gasteiger partial charge is 0.481 e. The van der Waals surface area contributed by atoms with Crippen LogP contribution in [-0.4, -0.2) is 47.3 Å². The molecule has 0 saturated heterocycles. The van der Waals surface area contributed by atoms with Crippen molar-refractivity contribution < 1.29 is 19.0 Å². The molecule has 1 aromatic carbocycles. The van der Waals surface area contributed by atoms with Gasteiger partial charge in [-0.1, -0.05) is 0 Å². The number of halogens is 1. The maximum absolute atomic E-state index is 14.4. The maximum Gasteiger partial charge on any atom is 0.304 e. The van der Waals surface area contributed by atoms with Gasteiger partial charge < -0.3 is 15.6 Å². The number of carboxylic acid groups (broad SMARTS) is 1. The zero-order valence-corrected chi connectivity index (χ0v) is 16.1. The Hall–Kier alpha value is -4.12. The number of aromatic amines is 1. The summed E-state index contributed by atoms with van der Waals surface area (Å²) in [7, 11) is 0. The second kappa shape index (κ2) is 8.71. The van der Waals surface area contributed by atoms with Crippen LogP contribution in [0.5, 0.6) is 11.6 Å². The maximum atomic E-state index is 14.4. The highest BCUT2D eigenvalue weighted by Gasteiger charge is 2.13. The summed E-state index contributed by atoms with van der Waals surface area (Å²) in [6, 6.07) is 9.16. The van der Waals surface area contributed by atoms with Crippen LogP contribution in [0.1, 0.15) is 12.1 Å². The van der Waals surface area contributed by atoms with Gasteiger partial charge in [-0.2, -0.15) is 20.1 Å². The molecule has 158 valence electrons. The van der Waals surface area contributed by atoms with Crippen molar-refractivity contribution in [3.63, 3.8) is 0 Å². The Bertz CT molecular complexity index is 1180. The number of nitrogens with zero attached hydrogens (tertiary/aromatic N) is 5.